The SMILES string of the molecule is C1=c2c(oc3ccccc23)=C(CC2CCc3cccc(-c4cccc5c4oc4ccccc45)c3-c3c2ccc2c3c3ccccc3n2-c2ccc(-c3ccccc3)cc2)CC1. The summed E-state index contributed by atoms with van der Waals surface area (Å²) in [5.74, 6) is 0.295. The van der Waals surface area contributed by atoms with Crippen LogP contribution in [0.3, 0.4) is 0 Å². The highest BCUT2D eigenvalue weighted by Gasteiger charge is 2.31. The van der Waals surface area contributed by atoms with Gasteiger partial charge in [-0.2, -0.15) is 0 Å². The maximum absolute atomic E-state index is 6.77. The summed E-state index contributed by atoms with van der Waals surface area (Å²) in [6.45, 7) is 0. The van der Waals surface area contributed by atoms with Gasteiger partial charge in [0.25, 0.3) is 0 Å². The minimum Gasteiger partial charge on any atom is -0.456 e. The monoisotopic (exact) mass is 783 g/mol. The van der Waals surface area contributed by atoms with Crippen molar-refractivity contribution in [2.45, 2.75) is 38.0 Å². The van der Waals surface area contributed by atoms with Gasteiger partial charge in [-0.25, -0.2) is 0 Å². The van der Waals surface area contributed by atoms with Gasteiger partial charge in [0.15, 0.2) is 0 Å². The molecule has 0 aliphatic heterocycles. The Morgan fingerprint density at radius 3 is 2.08 bits per heavy atom. The zero-order valence-corrected chi connectivity index (χ0v) is 33.7. The van der Waals surface area contributed by atoms with Crippen LogP contribution >= 0.6 is 0 Å². The molecule has 0 radical (unpaired) electrons. The van der Waals surface area contributed by atoms with E-state index in [0.717, 1.165) is 76.3 Å². The Labute approximate surface area is 353 Å². The number of fused-ring (bicyclic) bond motifs is 13. The fourth-order valence-corrected chi connectivity index (χ4v) is 10.9. The average molecular weight is 784 g/mol. The minimum absolute atomic E-state index is 0.295. The van der Waals surface area contributed by atoms with Gasteiger partial charge < -0.3 is 13.4 Å². The molecule has 13 rings (SSSR count). The van der Waals surface area contributed by atoms with Crippen LogP contribution in [0.4, 0.5) is 0 Å². The Morgan fingerprint density at radius 2 is 1.21 bits per heavy atom. The molecule has 11 aromatic rings. The predicted molar refractivity (Wildman–Crippen MR) is 253 cm³/mol. The maximum atomic E-state index is 6.77. The van der Waals surface area contributed by atoms with Crippen molar-refractivity contribution in [3.05, 3.63) is 198 Å². The van der Waals surface area contributed by atoms with Crippen LogP contribution in [0.25, 0.3) is 105 Å². The number of aryl methyl sites for hydroxylation is 1. The Kier molecular flexibility index (Phi) is 7.68. The first-order chi connectivity index (χ1) is 30.3. The van der Waals surface area contributed by atoms with Crippen LogP contribution in [0.2, 0.25) is 0 Å². The summed E-state index contributed by atoms with van der Waals surface area (Å²) in [6.07, 6.45) is 7.43. The Morgan fingerprint density at radius 1 is 0.508 bits per heavy atom. The van der Waals surface area contributed by atoms with Crippen LogP contribution in [-0.2, 0) is 6.42 Å². The van der Waals surface area contributed by atoms with Gasteiger partial charge in [0.05, 0.1) is 11.0 Å². The van der Waals surface area contributed by atoms with Gasteiger partial charge in [-0.1, -0.05) is 146 Å². The van der Waals surface area contributed by atoms with E-state index in [2.05, 4.69) is 187 Å². The van der Waals surface area contributed by atoms with Gasteiger partial charge in [-0.05, 0) is 119 Å². The number of para-hydroxylation sites is 4. The highest BCUT2D eigenvalue weighted by molar-refractivity contribution is 6.19. The fraction of sp³-hybridized carbons (Fsp3) is 0.103. The van der Waals surface area contributed by atoms with Gasteiger partial charge in [0.2, 0.25) is 0 Å². The highest BCUT2D eigenvalue weighted by Crippen LogP contribution is 2.51. The lowest BCUT2D eigenvalue weighted by Crippen LogP contribution is -2.26. The number of nitrogens with zero attached hydrogens (tertiary/aromatic N) is 1. The Bertz CT molecular complexity index is 3670. The molecule has 3 aromatic heterocycles. The largest absolute Gasteiger partial charge is 0.456 e. The summed E-state index contributed by atoms with van der Waals surface area (Å²) >= 11 is 0. The Balaban J connectivity index is 1.09. The first-order valence-corrected chi connectivity index (χ1v) is 21.7. The first-order valence-electron chi connectivity index (χ1n) is 21.7. The number of benzene rings is 8. The van der Waals surface area contributed by atoms with E-state index in [9.17, 15) is 0 Å². The van der Waals surface area contributed by atoms with Crippen molar-refractivity contribution in [3.63, 3.8) is 0 Å². The van der Waals surface area contributed by atoms with Crippen LogP contribution in [0.15, 0.2) is 185 Å². The van der Waals surface area contributed by atoms with E-state index in [4.69, 9.17) is 8.83 Å². The van der Waals surface area contributed by atoms with E-state index in [1.807, 2.05) is 0 Å². The smallest absolute Gasteiger partial charge is 0.143 e. The summed E-state index contributed by atoms with van der Waals surface area (Å²) in [4.78, 5) is 0. The predicted octanol–water partition coefficient (Wildman–Crippen LogP) is 14.3. The molecule has 3 heteroatoms. The van der Waals surface area contributed by atoms with Gasteiger partial charge >= 0.3 is 0 Å². The summed E-state index contributed by atoms with van der Waals surface area (Å²) in [5.41, 5.74) is 19.2. The molecule has 8 aromatic carbocycles. The second-order valence-electron chi connectivity index (χ2n) is 16.9. The zero-order valence-electron chi connectivity index (χ0n) is 33.7. The van der Waals surface area contributed by atoms with Crippen LogP contribution in [0.1, 0.15) is 42.7 Å². The topological polar surface area (TPSA) is 31.2 Å². The number of hydrogen-bond donors (Lipinski definition) is 0. The zero-order chi connectivity index (χ0) is 40.0. The molecule has 0 fully saturated rings. The normalized spacial score (nSPS) is 15.0. The van der Waals surface area contributed by atoms with Crippen LogP contribution in [0, 0.1) is 0 Å². The van der Waals surface area contributed by atoms with Gasteiger partial charge in [0.1, 0.15) is 22.2 Å². The molecule has 3 heterocycles. The summed E-state index contributed by atoms with van der Waals surface area (Å²) in [5, 5.41) is 7.37. The van der Waals surface area contributed by atoms with Gasteiger partial charge in [-0.15, -0.1) is 0 Å². The number of furan rings is 2. The molecule has 0 spiro atoms. The molecule has 2 aliphatic carbocycles. The molecule has 1 unspecified atom stereocenters. The van der Waals surface area contributed by atoms with Gasteiger partial charge in [0, 0.05) is 43.4 Å². The van der Waals surface area contributed by atoms with E-state index in [-0.39, 0.29) is 0 Å². The third-order valence-corrected chi connectivity index (χ3v) is 13.6. The molecule has 290 valence electrons. The molecular formula is C58H41NO2. The number of rotatable bonds is 5. The first kappa shape index (κ1) is 34.5. The van der Waals surface area contributed by atoms with Crippen molar-refractivity contribution in [3.8, 4) is 39.1 Å². The van der Waals surface area contributed by atoms with Crippen molar-refractivity contribution in [2.75, 3.05) is 0 Å². The maximum Gasteiger partial charge on any atom is 0.143 e. The summed E-state index contributed by atoms with van der Waals surface area (Å²) in [7, 11) is 0. The fourth-order valence-electron chi connectivity index (χ4n) is 10.9. The van der Waals surface area contributed by atoms with Gasteiger partial charge in [-0.3, -0.25) is 0 Å². The summed E-state index contributed by atoms with van der Waals surface area (Å²) in [6, 6.07) is 64.2. The van der Waals surface area contributed by atoms with Crippen LogP contribution in [0.5, 0.6) is 0 Å². The third kappa shape index (κ3) is 5.30. The second kappa shape index (κ2) is 13.6. The molecular weight excluding hydrogens is 743 g/mol. The molecule has 61 heavy (non-hydrogen) atoms. The van der Waals surface area contributed by atoms with E-state index < -0.39 is 0 Å². The molecule has 0 saturated carbocycles. The van der Waals surface area contributed by atoms with E-state index >= 15 is 0 Å². The second-order valence-corrected chi connectivity index (χ2v) is 16.9. The quantitative estimate of drug-likeness (QED) is 0.174. The standard InChI is InChI=1S/C58H41NO2/c1-2-13-36(14-3-1)37-29-31-41(32-30-37)59-50-24-7-4-19-49(50)55-51(59)34-33-42-39(35-40-16-11-21-46-43-17-5-8-25-52(43)60-57(40)46)28-27-38-15-10-20-45(54(38)56(42)55)48-23-12-22-47-44-18-6-9-26-53(44)61-58(47)48/h1-10,12-15,17-26,29-34,39H,11,16,27-28,35H2. The van der Waals surface area contributed by atoms with Crippen molar-refractivity contribution in [1.29, 1.82) is 0 Å². The molecule has 0 N–H and O–H groups in total. The Hall–Kier alpha value is -7.36. The van der Waals surface area contributed by atoms with Crippen LogP contribution < -0.4 is 10.6 Å². The van der Waals surface area contributed by atoms with Crippen molar-refractivity contribution in [1.82, 2.24) is 4.57 Å². The average Bonchev–Trinajstić information content (AvgIpc) is 3.97. The van der Waals surface area contributed by atoms with Crippen molar-refractivity contribution in [2.24, 2.45) is 0 Å². The molecule has 0 saturated heterocycles. The third-order valence-electron chi connectivity index (χ3n) is 13.6. The highest BCUT2D eigenvalue weighted by atomic mass is 16.3. The van der Waals surface area contributed by atoms with E-state index in [1.165, 1.54) is 76.9 Å². The van der Waals surface area contributed by atoms with Crippen molar-refractivity contribution >= 4 is 66.4 Å². The summed E-state index contributed by atoms with van der Waals surface area (Å²) < 4.78 is 16.0. The number of hydrogen-bond acceptors (Lipinski definition) is 2. The molecule has 1 atom stereocenters. The molecule has 3 nitrogen and oxygen atoms in total. The molecule has 0 bridgehead atoms. The van der Waals surface area contributed by atoms with E-state index in [0.29, 0.717) is 5.92 Å². The van der Waals surface area contributed by atoms with E-state index in [1.54, 1.807) is 0 Å². The van der Waals surface area contributed by atoms with Crippen LogP contribution in [-0.4, -0.2) is 4.57 Å². The molecule has 0 amide bonds. The lowest BCUT2D eigenvalue weighted by Gasteiger charge is -2.22. The number of aromatic nitrogens is 1. The lowest BCUT2D eigenvalue weighted by atomic mass is 9.82. The van der Waals surface area contributed by atoms with Crippen molar-refractivity contribution < 1.29 is 8.83 Å². The molecule has 2 aliphatic rings. The minimum atomic E-state index is 0.295. The lowest BCUT2D eigenvalue weighted by molar-refractivity contribution is 0.555.